The second-order valence-electron chi connectivity index (χ2n) is 14.0. The van der Waals surface area contributed by atoms with Crippen molar-refractivity contribution in [2.45, 2.75) is 130 Å². The molecule has 2 aliphatic heterocycles. The van der Waals surface area contributed by atoms with Crippen molar-refractivity contribution in [3.63, 3.8) is 0 Å². The van der Waals surface area contributed by atoms with Crippen LogP contribution >= 0.6 is 0 Å². The highest BCUT2D eigenvalue weighted by Crippen LogP contribution is 2.27. The number of nitrogens with zero attached hydrogens (tertiary/aromatic N) is 3. The van der Waals surface area contributed by atoms with E-state index in [2.05, 4.69) is 24.1 Å². The average Bonchev–Trinajstić information content (AvgIpc) is 3.54. The molecule has 46 heavy (non-hydrogen) atoms. The molecule has 0 saturated carbocycles. The number of amides is 3. The summed E-state index contributed by atoms with van der Waals surface area (Å²) in [6, 6.07) is 7.96. The molecule has 2 aliphatic rings. The van der Waals surface area contributed by atoms with Crippen molar-refractivity contribution < 1.29 is 23.9 Å². The predicted molar refractivity (Wildman–Crippen MR) is 182 cm³/mol. The number of piperidine rings is 1. The van der Waals surface area contributed by atoms with Crippen molar-refractivity contribution in [1.82, 2.24) is 20.0 Å². The summed E-state index contributed by atoms with van der Waals surface area (Å²) in [7, 11) is 1.74. The van der Waals surface area contributed by atoms with E-state index < -0.39 is 12.1 Å². The molecular weight excluding hydrogens is 580 g/mol. The lowest BCUT2D eigenvalue weighted by atomic mass is 9.95. The number of hydrogen-bond donors (Lipinski definition) is 1. The van der Waals surface area contributed by atoms with Crippen LogP contribution in [-0.4, -0.2) is 88.7 Å². The largest absolute Gasteiger partial charge is 0.456 e. The van der Waals surface area contributed by atoms with Gasteiger partial charge < -0.3 is 19.9 Å². The number of benzene rings is 1. The number of nitrogens with one attached hydrogen (secondary N) is 1. The molecular formula is C37H58N4O5. The Kier molecular flexibility index (Phi) is 13.8. The van der Waals surface area contributed by atoms with Crippen LogP contribution in [0.1, 0.15) is 106 Å². The van der Waals surface area contributed by atoms with Crippen LogP contribution in [0.4, 0.5) is 0 Å². The Morgan fingerprint density at radius 2 is 1.59 bits per heavy atom. The fourth-order valence-corrected chi connectivity index (χ4v) is 6.82. The van der Waals surface area contributed by atoms with Gasteiger partial charge in [0.15, 0.2) is 0 Å². The van der Waals surface area contributed by atoms with Crippen LogP contribution in [0.25, 0.3) is 0 Å². The van der Waals surface area contributed by atoms with E-state index in [-0.39, 0.29) is 59.8 Å². The molecule has 0 aromatic heterocycles. The van der Waals surface area contributed by atoms with Crippen LogP contribution in [0.3, 0.4) is 0 Å². The minimum absolute atomic E-state index is 0.00511. The number of likely N-dealkylation sites (N-methyl/N-ethyl adjacent to an activating group) is 1. The summed E-state index contributed by atoms with van der Waals surface area (Å²) in [4.78, 5) is 60.1. The van der Waals surface area contributed by atoms with Crippen molar-refractivity contribution in [1.29, 1.82) is 0 Å². The van der Waals surface area contributed by atoms with Crippen molar-refractivity contribution in [3.05, 3.63) is 47.5 Å². The third-order valence-electron chi connectivity index (χ3n) is 9.56. The predicted octanol–water partition coefficient (Wildman–Crippen LogP) is 5.50. The topological polar surface area (TPSA) is 99.3 Å². The molecule has 1 aromatic rings. The number of esters is 1. The van der Waals surface area contributed by atoms with Crippen LogP contribution in [0.2, 0.25) is 0 Å². The minimum Gasteiger partial charge on any atom is -0.456 e. The molecule has 2 fully saturated rings. The molecule has 256 valence electrons. The van der Waals surface area contributed by atoms with Gasteiger partial charge in [-0.2, -0.15) is 0 Å². The number of carbonyl (C=O) groups excluding carboxylic acids is 4. The number of likely N-dealkylation sites (tertiary alicyclic amines) is 2. The Balaban J connectivity index is 1.74. The normalized spacial score (nSPS) is 21.3. The van der Waals surface area contributed by atoms with Gasteiger partial charge in [0, 0.05) is 25.2 Å². The lowest BCUT2D eigenvalue weighted by Gasteiger charge is -2.39. The number of ether oxygens (including phenoxy) is 1. The van der Waals surface area contributed by atoms with Gasteiger partial charge in [0.05, 0.1) is 12.1 Å². The highest BCUT2D eigenvalue weighted by molar-refractivity contribution is 5.96. The third kappa shape index (κ3) is 9.20. The number of hydrogen-bond acceptors (Lipinski definition) is 6. The van der Waals surface area contributed by atoms with Crippen LogP contribution in [0.5, 0.6) is 0 Å². The van der Waals surface area contributed by atoms with Crippen molar-refractivity contribution in [2.24, 2.45) is 11.8 Å². The number of rotatable bonds is 13. The van der Waals surface area contributed by atoms with Gasteiger partial charge in [0.2, 0.25) is 17.7 Å². The molecule has 0 unspecified atom stereocenters. The molecule has 3 rings (SSSR count). The van der Waals surface area contributed by atoms with E-state index in [1.807, 2.05) is 71.0 Å². The molecule has 9 nitrogen and oxygen atoms in total. The highest BCUT2D eigenvalue weighted by Gasteiger charge is 2.38. The van der Waals surface area contributed by atoms with Gasteiger partial charge in [-0.05, 0) is 76.8 Å². The van der Waals surface area contributed by atoms with Crippen molar-refractivity contribution in [2.75, 3.05) is 20.1 Å². The first kappa shape index (κ1) is 37.3. The van der Waals surface area contributed by atoms with Crippen LogP contribution in [-0.2, 0) is 23.9 Å². The Labute approximate surface area is 277 Å². The van der Waals surface area contributed by atoms with E-state index in [9.17, 15) is 19.2 Å². The Bertz CT molecular complexity index is 1210. The maximum Gasteiger partial charge on any atom is 0.329 e. The summed E-state index contributed by atoms with van der Waals surface area (Å²) in [6.07, 6.45) is 6.24. The first-order chi connectivity index (χ1) is 21.8. The van der Waals surface area contributed by atoms with Gasteiger partial charge in [-0.3, -0.25) is 19.3 Å². The molecule has 9 heteroatoms. The summed E-state index contributed by atoms with van der Waals surface area (Å²) in [5.41, 5.74) is 1.41. The van der Waals surface area contributed by atoms with E-state index in [4.69, 9.17) is 4.74 Å². The molecule has 2 heterocycles. The highest BCUT2D eigenvalue weighted by atomic mass is 16.5. The molecule has 1 aromatic carbocycles. The zero-order valence-electron chi connectivity index (χ0n) is 29.6. The van der Waals surface area contributed by atoms with E-state index in [0.717, 1.165) is 37.8 Å². The maximum absolute atomic E-state index is 14.0. The molecule has 2 saturated heterocycles. The monoisotopic (exact) mass is 638 g/mol. The van der Waals surface area contributed by atoms with Gasteiger partial charge in [-0.1, -0.05) is 77.4 Å². The molecule has 3 amide bonds. The number of carbonyl (C=O) groups is 4. The van der Waals surface area contributed by atoms with Crippen LogP contribution in [0, 0.1) is 11.8 Å². The van der Waals surface area contributed by atoms with Crippen molar-refractivity contribution in [3.8, 4) is 0 Å². The van der Waals surface area contributed by atoms with E-state index in [0.29, 0.717) is 25.0 Å². The molecule has 5 atom stereocenters. The summed E-state index contributed by atoms with van der Waals surface area (Å²) in [5.74, 6) is -0.995. The third-order valence-corrected chi connectivity index (χ3v) is 9.56. The summed E-state index contributed by atoms with van der Waals surface area (Å²) in [5, 5.41) is 3.10. The summed E-state index contributed by atoms with van der Waals surface area (Å²) < 4.78 is 5.92. The smallest absolute Gasteiger partial charge is 0.329 e. The lowest BCUT2D eigenvalue weighted by Crippen LogP contribution is -2.58. The maximum atomic E-state index is 14.0. The van der Waals surface area contributed by atoms with Crippen LogP contribution < -0.4 is 5.32 Å². The summed E-state index contributed by atoms with van der Waals surface area (Å²) >= 11 is 0. The first-order valence-corrected chi connectivity index (χ1v) is 17.4. The zero-order chi connectivity index (χ0) is 34.1. The molecule has 0 bridgehead atoms. The molecule has 0 spiro atoms. The standard InChI is InChI=1S/C37H58N4O5/c1-10-32(28-17-12-11-13-18-28)46-37(45)30-20-16-22-41(30)35(43)27(8)23-31(24(2)3)39(9)36(44)33(25(4)5)38-34(42)29-19-14-15-21-40(29)26(6)7/h11-13,17-18,23-26,29-33H,10,14-16,19-22H2,1-9H3,(H,38,42)/b27-23+/t29-,30+,31-,32-,33+/m1/s1. The molecule has 1 N–H and O–H groups in total. The van der Waals surface area contributed by atoms with Gasteiger partial charge in [0.25, 0.3) is 0 Å². The Hall–Kier alpha value is -3.20. The quantitative estimate of drug-likeness (QED) is 0.226. The van der Waals surface area contributed by atoms with Gasteiger partial charge in [0.1, 0.15) is 18.2 Å². The van der Waals surface area contributed by atoms with Gasteiger partial charge >= 0.3 is 5.97 Å². The minimum atomic E-state index is -0.687. The fraction of sp³-hybridized carbons (Fsp3) is 0.676. The first-order valence-electron chi connectivity index (χ1n) is 17.4. The fourth-order valence-electron chi connectivity index (χ4n) is 6.82. The van der Waals surface area contributed by atoms with Gasteiger partial charge in [-0.15, -0.1) is 0 Å². The van der Waals surface area contributed by atoms with E-state index >= 15 is 0 Å². The Morgan fingerprint density at radius 3 is 2.17 bits per heavy atom. The lowest BCUT2D eigenvalue weighted by molar-refractivity contribution is -0.157. The second-order valence-corrected chi connectivity index (χ2v) is 14.0. The molecule has 0 aliphatic carbocycles. The van der Waals surface area contributed by atoms with E-state index in [1.54, 1.807) is 23.8 Å². The average molecular weight is 639 g/mol. The summed E-state index contributed by atoms with van der Waals surface area (Å²) in [6.45, 7) is 17.2. The van der Waals surface area contributed by atoms with Crippen LogP contribution in [0.15, 0.2) is 42.0 Å². The molecule has 0 radical (unpaired) electrons. The zero-order valence-corrected chi connectivity index (χ0v) is 29.6. The van der Waals surface area contributed by atoms with E-state index in [1.165, 1.54) is 0 Å². The van der Waals surface area contributed by atoms with Gasteiger partial charge in [-0.25, -0.2) is 4.79 Å². The Morgan fingerprint density at radius 1 is 0.935 bits per heavy atom. The van der Waals surface area contributed by atoms with Crippen molar-refractivity contribution >= 4 is 23.7 Å². The SMILES string of the molecule is CC[C@@H](OC(=O)[C@@H]1CCCN1C(=O)/C(C)=C/[C@H](C(C)C)N(C)C(=O)[C@@H](NC(=O)[C@H]1CCCCN1C(C)C)C(C)C)c1ccccc1. The second kappa shape index (κ2) is 17.1.